The lowest BCUT2D eigenvalue weighted by molar-refractivity contribution is -0.141. The molecule has 4 nitrogen and oxygen atoms in total. The van der Waals surface area contributed by atoms with Gasteiger partial charge < -0.3 is 9.84 Å². The maximum Gasteiger partial charge on any atom is 0.330 e. The van der Waals surface area contributed by atoms with Crippen LogP contribution in [-0.2, 0) is 14.3 Å². The number of methoxy groups -OCH3 is 1. The zero-order chi connectivity index (χ0) is 26.2. The normalized spacial score (nSPS) is 36.1. The average Bonchev–Trinajstić information content (AvgIpc) is 3.08. The Morgan fingerprint density at radius 1 is 1.17 bits per heavy atom. The van der Waals surface area contributed by atoms with E-state index in [0.29, 0.717) is 23.8 Å². The van der Waals surface area contributed by atoms with E-state index < -0.39 is 5.97 Å². The molecule has 2 saturated carbocycles. The first kappa shape index (κ1) is 27.5. The van der Waals surface area contributed by atoms with Gasteiger partial charge in [-0.2, -0.15) is 0 Å². The SMILES string of the molecule is C=C(C)[C@@H]1CC[C@@H]2C(=CC[C@]3(C)/C(=C(/C)CC/C=C(/C)C(=O)O)CC[C@@]23C)[C@@]1(C)CCC(=O)OC. The minimum Gasteiger partial charge on any atom is -0.478 e. The number of allylic oxidation sites excluding steroid dienone is 6. The van der Waals surface area contributed by atoms with Crippen molar-refractivity contribution in [2.75, 3.05) is 7.11 Å². The Kier molecular flexibility index (Phi) is 7.94. The molecule has 194 valence electrons. The van der Waals surface area contributed by atoms with Crippen LogP contribution in [0.25, 0.3) is 0 Å². The summed E-state index contributed by atoms with van der Waals surface area (Å²) in [5.74, 6) is -0.0552. The topological polar surface area (TPSA) is 63.6 Å². The molecule has 0 heterocycles. The highest BCUT2D eigenvalue weighted by atomic mass is 16.5. The van der Waals surface area contributed by atoms with Gasteiger partial charge in [-0.25, -0.2) is 4.79 Å². The predicted octanol–water partition coefficient (Wildman–Crippen LogP) is 7.81. The van der Waals surface area contributed by atoms with Crippen LogP contribution < -0.4 is 0 Å². The van der Waals surface area contributed by atoms with Crippen LogP contribution in [0.2, 0.25) is 0 Å². The van der Waals surface area contributed by atoms with Crippen LogP contribution in [0.5, 0.6) is 0 Å². The number of fused-ring (bicyclic) bond motifs is 3. The van der Waals surface area contributed by atoms with Crippen molar-refractivity contribution in [3.05, 3.63) is 46.6 Å². The minimum atomic E-state index is -0.832. The second-order valence-electron chi connectivity index (χ2n) is 12.1. The van der Waals surface area contributed by atoms with Crippen LogP contribution in [-0.4, -0.2) is 24.2 Å². The molecule has 0 radical (unpaired) electrons. The van der Waals surface area contributed by atoms with E-state index in [2.05, 4.69) is 47.3 Å². The van der Waals surface area contributed by atoms with Crippen LogP contribution in [0.15, 0.2) is 46.6 Å². The van der Waals surface area contributed by atoms with Gasteiger partial charge in [-0.05, 0) is 100 Å². The first-order valence-electron chi connectivity index (χ1n) is 13.3. The molecule has 0 saturated heterocycles. The Morgan fingerprint density at radius 3 is 2.46 bits per heavy atom. The quantitative estimate of drug-likeness (QED) is 0.218. The van der Waals surface area contributed by atoms with E-state index >= 15 is 0 Å². The number of carbonyl (C=O) groups is 2. The third kappa shape index (κ3) is 4.70. The summed E-state index contributed by atoms with van der Waals surface area (Å²) in [6, 6.07) is 0. The highest BCUT2D eigenvalue weighted by molar-refractivity contribution is 5.85. The number of rotatable bonds is 8. The summed E-state index contributed by atoms with van der Waals surface area (Å²) < 4.78 is 5.00. The van der Waals surface area contributed by atoms with Crippen LogP contribution in [0.1, 0.15) is 99.3 Å². The molecule has 5 atom stereocenters. The van der Waals surface area contributed by atoms with Gasteiger partial charge in [0.15, 0.2) is 0 Å². The number of carboxylic acid groups (broad SMARTS) is 1. The summed E-state index contributed by atoms with van der Waals surface area (Å²) in [4.78, 5) is 23.3. The number of aliphatic carboxylic acids is 1. The second-order valence-corrected chi connectivity index (χ2v) is 12.1. The number of esters is 1. The molecule has 0 spiro atoms. The van der Waals surface area contributed by atoms with Crippen molar-refractivity contribution < 1.29 is 19.4 Å². The van der Waals surface area contributed by atoms with Crippen molar-refractivity contribution in [3.63, 3.8) is 0 Å². The standard InChI is InChI=1S/C31H46O4/c1-20(2)23-12-13-26-25(29(23,5)17-16-27(32)35-8)15-19-30(6)24(14-18-31(26,30)7)21(3)10-9-11-22(4)28(33)34/h11,15,23,26H,1,9-10,12-14,16-19H2,2-8H3,(H,33,34)/b22-11-,24-21-/t23-,26+,29-,30+,31-/m0/s1. The molecule has 1 N–H and O–H groups in total. The van der Waals surface area contributed by atoms with E-state index in [-0.39, 0.29) is 22.2 Å². The maximum atomic E-state index is 12.1. The molecule has 35 heavy (non-hydrogen) atoms. The molecule has 0 unspecified atom stereocenters. The Balaban J connectivity index is 1.95. The lowest BCUT2D eigenvalue weighted by Crippen LogP contribution is -2.50. The summed E-state index contributed by atoms with van der Waals surface area (Å²) >= 11 is 0. The maximum absolute atomic E-state index is 12.1. The van der Waals surface area contributed by atoms with Gasteiger partial charge in [0.1, 0.15) is 0 Å². The predicted molar refractivity (Wildman–Crippen MR) is 142 cm³/mol. The van der Waals surface area contributed by atoms with Gasteiger partial charge in [0.25, 0.3) is 0 Å². The van der Waals surface area contributed by atoms with Crippen LogP contribution in [0.3, 0.4) is 0 Å². The smallest absolute Gasteiger partial charge is 0.330 e. The number of ether oxygens (including phenoxy) is 1. The van der Waals surface area contributed by atoms with Gasteiger partial charge in [-0.1, -0.05) is 61.8 Å². The Morgan fingerprint density at radius 2 is 1.86 bits per heavy atom. The summed E-state index contributed by atoms with van der Waals surface area (Å²) in [5.41, 5.74) is 6.48. The van der Waals surface area contributed by atoms with Crippen LogP contribution >= 0.6 is 0 Å². The third-order valence-corrected chi connectivity index (χ3v) is 10.4. The molecular formula is C31H46O4. The lowest BCUT2D eigenvalue weighted by Gasteiger charge is -2.59. The molecular weight excluding hydrogens is 436 g/mol. The molecule has 0 amide bonds. The molecule has 0 aliphatic heterocycles. The van der Waals surface area contributed by atoms with E-state index in [4.69, 9.17) is 9.84 Å². The number of hydrogen-bond acceptors (Lipinski definition) is 3. The third-order valence-electron chi connectivity index (χ3n) is 10.4. The highest BCUT2D eigenvalue weighted by Crippen LogP contribution is 2.70. The molecule has 2 fully saturated rings. The number of hydrogen-bond donors (Lipinski definition) is 1. The monoisotopic (exact) mass is 482 g/mol. The van der Waals surface area contributed by atoms with E-state index in [1.54, 1.807) is 18.1 Å². The first-order valence-corrected chi connectivity index (χ1v) is 13.3. The molecule has 3 rings (SSSR count). The number of carboxylic acids is 1. The first-order chi connectivity index (χ1) is 16.3. The fraction of sp³-hybridized carbons (Fsp3) is 0.677. The van der Waals surface area contributed by atoms with E-state index in [1.165, 1.54) is 31.1 Å². The fourth-order valence-electron chi connectivity index (χ4n) is 7.95. The van der Waals surface area contributed by atoms with Gasteiger partial charge in [0.05, 0.1) is 7.11 Å². The van der Waals surface area contributed by atoms with Crippen LogP contribution in [0.4, 0.5) is 0 Å². The molecule has 0 aromatic heterocycles. The second kappa shape index (κ2) is 10.1. The molecule has 0 bridgehead atoms. The van der Waals surface area contributed by atoms with Crippen molar-refractivity contribution in [3.8, 4) is 0 Å². The van der Waals surface area contributed by atoms with E-state index in [0.717, 1.165) is 38.5 Å². The van der Waals surface area contributed by atoms with E-state index in [1.807, 2.05) is 6.08 Å². The van der Waals surface area contributed by atoms with Crippen molar-refractivity contribution in [2.45, 2.75) is 99.3 Å². The minimum absolute atomic E-state index is 0.0616. The van der Waals surface area contributed by atoms with Gasteiger partial charge in [0.2, 0.25) is 0 Å². The zero-order valence-corrected chi connectivity index (χ0v) is 23.1. The molecule has 0 aromatic rings. The van der Waals surface area contributed by atoms with E-state index in [9.17, 15) is 9.59 Å². The van der Waals surface area contributed by atoms with Crippen molar-refractivity contribution in [1.29, 1.82) is 0 Å². The Hall–Kier alpha value is -2.10. The summed E-state index contributed by atoms with van der Waals surface area (Å²) in [7, 11) is 1.48. The van der Waals surface area contributed by atoms with Crippen molar-refractivity contribution in [1.82, 2.24) is 0 Å². The lowest BCUT2D eigenvalue weighted by atomic mass is 9.45. The van der Waals surface area contributed by atoms with Gasteiger partial charge >= 0.3 is 11.9 Å². The van der Waals surface area contributed by atoms with Gasteiger partial charge in [-0.3, -0.25) is 4.79 Å². The molecule has 4 heteroatoms. The molecule has 3 aliphatic rings. The molecule has 0 aromatic carbocycles. The Bertz CT molecular complexity index is 982. The summed E-state index contributed by atoms with van der Waals surface area (Å²) in [6.07, 6.45) is 13.0. The van der Waals surface area contributed by atoms with Crippen LogP contribution in [0, 0.1) is 28.1 Å². The zero-order valence-electron chi connectivity index (χ0n) is 23.1. The molecule has 3 aliphatic carbocycles. The van der Waals surface area contributed by atoms with Gasteiger partial charge in [-0.15, -0.1) is 0 Å². The average molecular weight is 483 g/mol. The summed E-state index contributed by atoms with van der Waals surface area (Å²) in [5, 5.41) is 9.16. The highest BCUT2D eigenvalue weighted by Gasteiger charge is 2.61. The number of carbonyl (C=O) groups excluding carboxylic acids is 1. The Labute approximate surface area is 212 Å². The summed E-state index contributed by atoms with van der Waals surface area (Å²) in [6.45, 7) is 17.8. The van der Waals surface area contributed by atoms with Gasteiger partial charge in [0, 0.05) is 12.0 Å². The fourth-order valence-corrected chi connectivity index (χ4v) is 7.95. The largest absolute Gasteiger partial charge is 0.478 e. The van der Waals surface area contributed by atoms with Crippen molar-refractivity contribution >= 4 is 11.9 Å². The van der Waals surface area contributed by atoms with Crippen molar-refractivity contribution in [2.24, 2.45) is 28.1 Å².